The zero-order valence-corrected chi connectivity index (χ0v) is 10.3. The first-order chi connectivity index (χ1) is 7.11. The summed E-state index contributed by atoms with van der Waals surface area (Å²) in [6, 6.07) is 0. The van der Waals surface area contributed by atoms with Crippen LogP contribution in [0.1, 0.15) is 39.5 Å². The molecule has 0 aliphatic carbocycles. The van der Waals surface area contributed by atoms with Gasteiger partial charge in [-0.2, -0.15) is 0 Å². The van der Waals surface area contributed by atoms with E-state index >= 15 is 0 Å². The van der Waals surface area contributed by atoms with Crippen LogP contribution in [0.5, 0.6) is 0 Å². The van der Waals surface area contributed by atoms with Crippen molar-refractivity contribution in [3.05, 3.63) is 0 Å². The molecule has 3 unspecified atom stereocenters. The number of Topliss-reactive ketones (excluding diaryl/α,β-unsaturated/α-hetero) is 1. The summed E-state index contributed by atoms with van der Waals surface area (Å²) in [7, 11) is -0.776. The summed E-state index contributed by atoms with van der Waals surface area (Å²) in [4.78, 5) is 10.7. The molecule has 1 saturated heterocycles. The first-order valence-electron chi connectivity index (χ1n) is 5.59. The Morgan fingerprint density at radius 2 is 2.20 bits per heavy atom. The Bertz CT molecular complexity index is 240. The van der Waals surface area contributed by atoms with Crippen LogP contribution >= 0.6 is 0 Å². The van der Waals surface area contributed by atoms with E-state index in [-0.39, 0.29) is 17.1 Å². The number of hydrogen-bond donors (Lipinski definition) is 0. The summed E-state index contributed by atoms with van der Waals surface area (Å²) in [5.41, 5.74) is 0. The van der Waals surface area contributed by atoms with Crippen LogP contribution in [0.25, 0.3) is 0 Å². The van der Waals surface area contributed by atoms with Crippen LogP contribution in [0, 0.1) is 0 Å². The third-order valence-corrected chi connectivity index (χ3v) is 4.75. The highest BCUT2D eigenvalue weighted by atomic mass is 32.2. The van der Waals surface area contributed by atoms with E-state index in [1.807, 2.05) is 6.92 Å². The van der Waals surface area contributed by atoms with Crippen LogP contribution in [0.3, 0.4) is 0 Å². The molecule has 4 heteroatoms. The second kappa shape index (κ2) is 6.38. The zero-order chi connectivity index (χ0) is 11.3. The van der Waals surface area contributed by atoms with Gasteiger partial charge in [-0.05, 0) is 33.1 Å². The number of hydrogen-bond acceptors (Lipinski definition) is 3. The summed E-state index contributed by atoms with van der Waals surface area (Å²) in [5.74, 6) is 0.935. The Hall–Kier alpha value is -0.220. The van der Waals surface area contributed by atoms with Gasteiger partial charge in [-0.25, -0.2) is 0 Å². The Morgan fingerprint density at radius 1 is 1.47 bits per heavy atom. The van der Waals surface area contributed by atoms with E-state index in [2.05, 4.69) is 0 Å². The summed E-state index contributed by atoms with van der Waals surface area (Å²) < 4.78 is 17.2. The highest BCUT2D eigenvalue weighted by Crippen LogP contribution is 2.19. The van der Waals surface area contributed by atoms with Gasteiger partial charge in [0, 0.05) is 29.6 Å². The molecular weight excluding hydrogens is 212 g/mol. The molecule has 0 aromatic rings. The summed E-state index contributed by atoms with van der Waals surface area (Å²) in [5, 5.41) is 0.210. The molecule has 15 heavy (non-hydrogen) atoms. The van der Waals surface area contributed by atoms with Gasteiger partial charge in [0.15, 0.2) is 0 Å². The van der Waals surface area contributed by atoms with Gasteiger partial charge in [-0.15, -0.1) is 0 Å². The van der Waals surface area contributed by atoms with Crippen molar-refractivity contribution in [1.29, 1.82) is 0 Å². The molecule has 1 aliphatic heterocycles. The minimum atomic E-state index is -0.776. The molecule has 1 fully saturated rings. The summed E-state index contributed by atoms with van der Waals surface area (Å²) in [6.45, 7) is 4.33. The van der Waals surface area contributed by atoms with Crippen LogP contribution in [0.2, 0.25) is 0 Å². The van der Waals surface area contributed by atoms with Gasteiger partial charge < -0.3 is 9.53 Å². The van der Waals surface area contributed by atoms with Crippen molar-refractivity contribution in [3.63, 3.8) is 0 Å². The number of rotatable bonds is 6. The molecule has 0 amide bonds. The lowest BCUT2D eigenvalue weighted by atomic mass is 10.2. The van der Waals surface area contributed by atoms with E-state index in [4.69, 9.17) is 4.74 Å². The third kappa shape index (κ3) is 4.43. The molecule has 0 radical (unpaired) electrons. The lowest BCUT2D eigenvalue weighted by molar-refractivity contribution is -0.117. The van der Waals surface area contributed by atoms with Gasteiger partial charge >= 0.3 is 0 Å². The maximum atomic E-state index is 11.8. The average Bonchev–Trinajstić information content (AvgIpc) is 2.58. The predicted octanol–water partition coefficient (Wildman–Crippen LogP) is 1.67. The van der Waals surface area contributed by atoms with Gasteiger partial charge in [0.1, 0.15) is 5.78 Å². The number of unbranched alkanes of at least 4 members (excludes halogenated alkanes) is 1. The Balaban J connectivity index is 2.15. The normalized spacial score (nSPS) is 27.9. The third-order valence-electron chi connectivity index (χ3n) is 2.77. The lowest BCUT2D eigenvalue weighted by Gasteiger charge is -2.13. The molecule has 0 saturated carbocycles. The van der Waals surface area contributed by atoms with E-state index in [9.17, 15) is 9.00 Å². The van der Waals surface area contributed by atoms with E-state index in [0.717, 1.165) is 25.9 Å². The van der Waals surface area contributed by atoms with Crippen molar-refractivity contribution in [3.8, 4) is 0 Å². The molecule has 3 atom stereocenters. The first-order valence-corrected chi connectivity index (χ1v) is 6.97. The van der Waals surface area contributed by atoms with Crippen molar-refractivity contribution >= 4 is 16.6 Å². The van der Waals surface area contributed by atoms with Gasteiger partial charge in [-0.1, -0.05) is 0 Å². The van der Waals surface area contributed by atoms with Crippen LogP contribution in [0.4, 0.5) is 0 Å². The van der Waals surface area contributed by atoms with Crippen molar-refractivity contribution in [1.82, 2.24) is 0 Å². The fourth-order valence-corrected chi connectivity index (χ4v) is 3.48. The molecular formula is C11H20O3S. The molecule has 3 nitrogen and oxygen atoms in total. The maximum absolute atomic E-state index is 11.8. The van der Waals surface area contributed by atoms with E-state index in [1.165, 1.54) is 0 Å². The highest BCUT2D eigenvalue weighted by Gasteiger charge is 2.28. The van der Waals surface area contributed by atoms with Crippen molar-refractivity contribution < 1.29 is 13.7 Å². The van der Waals surface area contributed by atoms with E-state index in [0.29, 0.717) is 12.2 Å². The molecule has 0 aromatic carbocycles. The van der Waals surface area contributed by atoms with Crippen molar-refractivity contribution in [2.45, 2.75) is 50.9 Å². The van der Waals surface area contributed by atoms with Crippen molar-refractivity contribution in [2.75, 3.05) is 12.4 Å². The molecule has 0 spiro atoms. The molecule has 0 N–H and O–H groups in total. The fourth-order valence-electron chi connectivity index (χ4n) is 1.83. The van der Waals surface area contributed by atoms with Crippen LogP contribution in [0.15, 0.2) is 0 Å². The van der Waals surface area contributed by atoms with Crippen LogP contribution < -0.4 is 0 Å². The minimum Gasteiger partial charge on any atom is -0.377 e. The highest BCUT2D eigenvalue weighted by molar-refractivity contribution is 7.85. The first kappa shape index (κ1) is 12.8. The molecule has 0 aromatic heterocycles. The van der Waals surface area contributed by atoms with Crippen LogP contribution in [-0.2, 0) is 20.3 Å². The summed E-state index contributed by atoms with van der Waals surface area (Å²) in [6.07, 6.45) is 3.42. The standard InChI is InChI=1S/C11H20O3S/c1-9(12)5-3-4-8-15(13)11-6-7-14-10(11)2/h10-11H,3-8H2,1-2H3. The fraction of sp³-hybridized carbons (Fsp3) is 0.909. The molecule has 88 valence electrons. The zero-order valence-electron chi connectivity index (χ0n) is 9.53. The second-order valence-corrected chi connectivity index (χ2v) is 5.92. The maximum Gasteiger partial charge on any atom is 0.129 e. The number of ether oxygens (including phenoxy) is 1. The van der Waals surface area contributed by atoms with Gasteiger partial charge in [0.05, 0.1) is 11.4 Å². The predicted molar refractivity (Wildman–Crippen MR) is 61.4 cm³/mol. The van der Waals surface area contributed by atoms with Crippen molar-refractivity contribution in [2.24, 2.45) is 0 Å². The van der Waals surface area contributed by atoms with Gasteiger partial charge in [-0.3, -0.25) is 4.21 Å². The Labute approximate surface area is 94.0 Å². The van der Waals surface area contributed by atoms with Crippen LogP contribution in [-0.4, -0.2) is 33.7 Å². The Morgan fingerprint density at radius 3 is 2.73 bits per heavy atom. The minimum absolute atomic E-state index is 0.138. The smallest absolute Gasteiger partial charge is 0.129 e. The SMILES string of the molecule is CC(=O)CCCCS(=O)C1CCOC1C. The number of carbonyl (C=O) groups is 1. The summed E-state index contributed by atoms with van der Waals surface area (Å²) >= 11 is 0. The topological polar surface area (TPSA) is 43.4 Å². The molecule has 0 bridgehead atoms. The second-order valence-electron chi connectivity index (χ2n) is 4.15. The van der Waals surface area contributed by atoms with E-state index in [1.54, 1.807) is 6.92 Å². The quantitative estimate of drug-likeness (QED) is 0.654. The monoisotopic (exact) mass is 232 g/mol. The molecule has 1 heterocycles. The molecule has 1 rings (SSSR count). The number of carbonyl (C=O) groups excluding carboxylic acids is 1. The number of ketones is 1. The van der Waals surface area contributed by atoms with Gasteiger partial charge in [0.2, 0.25) is 0 Å². The van der Waals surface area contributed by atoms with Gasteiger partial charge in [0.25, 0.3) is 0 Å². The lowest BCUT2D eigenvalue weighted by Crippen LogP contribution is -2.24. The average molecular weight is 232 g/mol. The Kier molecular flexibility index (Phi) is 5.47. The largest absolute Gasteiger partial charge is 0.377 e. The van der Waals surface area contributed by atoms with E-state index < -0.39 is 10.8 Å². The molecule has 1 aliphatic rings.